The van der Waals surface area contributed by atoms with Gasteiger partial charge in [-0.2, -0.15) is 0 Å². The van der Waals surface area contributed by atoms with Crippen LogP contribution in [0, 0.1) is 23.2 Å². The van der Waals surface area contributed by atoms with Crippen molar-refractivity contribution in [2.24, 2.45) is 23.2 Å². The van der Waals surface area contributed by atoms with E-state index in [2.05, 4.69) is 31.1 Å². The van der Waals surface area contributed by atoms with Crippen molar-refractivity contribution in [3.8, 4) is 0 Å². The van der Waals surface area contributed by atoms with Gasteiger partial charge in [0.1, 0.15) is 23.3 Å². The van der Waals surface area contributed by atoms with Crippen molar-refractivity contribution in [3.63, 3.8) is 0 Å². The minimum Gasteiger partial charge on any atom is -0.460 e. The second-order valence-electron chi connectivity index (χ2n) is 15.4. The molecule has 0 spiro atoms. The molecular weight excluding hydrogens is 578 g/mol. The number of piperidine rings is 1. The van der Waals surface area contributed by atoms with Gasteiger partial charge < -0.3 is 25.0 Å². The van der Waals surface area contributed by atoms with Crippen molar-refractivity contribution in [3.05, 3.63) is 12.7 Å². The first kappa shape index (κ1) is 36.2. The molecule has 1 heterocycles. The number of nitrogens with zero attached hydrogens (tertiary/aromatic N) is 1. The summed E-state index contributed by atoms with van der Waals surface area (Å²) in [6.07, 6.45) is 4.24. The molecule has 0 aromatic heterocycles. The Balaban J connectivity index is 1.73. The van der Waals surface area contributed by atoms with E-state index in [0.29, 0.717) is 6.54 Å². The van der Waals surface area contributed by atoms with E-state index in [1.54, 1.807) is 46.4 Å². The normalized spacial score (nSPS) is 23.7. The number of hydrogen-bond acceptors (Lipinski definition) is 8. The summed E-state index contributed by atoms with van der Waals surface area (Å²) >= 11 is 0. The number of carbonyl (C=O) groups is 6. The maximum atomic E-state index is 14.1. The minimum absolute atomic E-state index is 0.00837. The molecule has 252 valence electrons. The third-order valence-electron chi connectivity index (χ3n) is 9.08. The Morgan fingerprint density at radius 3 is 2.09 bits per heavy atom. The molecule has 2 saturated carbocycles. The predicted octanol–water partition coefficient (Wildman–Crippen LogP) is 4.26. The number of ketones is 2. The molecule has 1 saturated heterocycles. The van der Waals surface area contributed by atoms with Crippen LogP contribution in [0.1, 0.15) is 107 Å². The first-order chi connectivity index (χ1) is 20.8. The van der Waals surface area contributed by atoms with E-state index >= 15 is 0 Å². The summed E-state index contributed by atoms with van der Waals surface area (Å²) in [5, 5.41) is 5.56. The number of rotatable bonds is 13. The van der Waals surface area contributed by atoms with Crippen molar-refractivity contribution in [2.75, 3.05) is 6.54 Å². The van der Waals surface area contributed by atoms with Crippen molar-refractivity contribution in [1.82, 2.24) is 15.5 Å². The number of hydrogen-bond donors (Lipinski definition) is 2. The zero-order valence-corrected chi connectivity index (χ0v) is 28.3. The summed E-state index contributed by atoms with van der Waals surface area (Å²) in [6.45, 7) is 18.7. The van der Waals surface area contributed by atoms with E-state index in [-0.39, 0.29) is 54.8 Å². The lowest BCUT2D eigenvalue weighted by atomic mass is 9.94. The first-order valence-electron chi connectivity index (χ1n) is 16.3. The number of nitrogens with one attached hydrogen (secondary N) is 2. The monoisotopic (exact) mass is 631 g/mol. The van der Waals surface area contributed by atoms with Crippen LogP contribution in [0.25, 0.3) is 0 Å². The molecule has 0 radical (unpaired) electrons. The fourth-order valence-electron chi connectivity index (χ4n) is 6.86. The predicted molar refractivity (Wildman–Crippen MR) is 168 cm³/mol. The SMILES string of the molecule is C=CCC(NC(=O)C1C2C(CN1C(=O)C(NC(=O)OC(C)(C)C)C1CCCC1)C2(C)C)C(=O)C(=O)CCCC(=O)OC(C)(C)C. The van der Waals surface area contributed by atoms with Crippen molar-refractivity contribution >= 4 is 35.4 Å². The number of likely N-dealkylation sites (tertiary alicyclic amines) is 1. The van der Waals surface area contributed by atoms with Crippen LogP contribution in [0.5, 0.6) is 0 Å². The van der Waals surface area contributed by atoms with Crippen LogP contribution in [0.4, 0.5) is 4.79 Å². The number of amides is 3. The lowest BCUT2D eigenvalue weighted by Gasteiger charge is -2.35. The number of esters is 1. The Labute approximate surface area is 267 Å². The van der Waals surface area contributed by atoms with Crippen LogP contribution in [-0.4, -0.2) is 76.2 Å². The molecule has 1 aliphatic heterocycles. The van der Waals surface area contributed by atoms with Gasteiger partial charge in [-0.3, -0.25) is 24.0 Å². The third-order valence-corrected chi connectivity index (χ3v) is 9.08. The molecular formula is C34H53N3O8. The molecule has 0 bridgehead atoms. The number of carbonyl (C=O) groups excluding carboxylic acids is 6. The topological polar surface area (TPSA) is 148 Å². The molecule has 5 atom stereocenters. The lowest BCUT2D eigenvalue weighted by Crippen LogP contribution is -2.59. The van der Waals surface area contributed by atoms with E-state index in [4.69, 9.17) is 9.47 Å². The molecule has 3 amide bonds. The van der Waals surface area contributed by atoms with Gasteiger partial charge in [0.2, 0.25) is 23.4 Å². The maximum Gasteiger partial charge on any atom is 0.408 e. The van der Waals surface area contributed by atoms with Gasteiger partial charge >= 0.3 is 12.1 Å². The van der Waals surface area contributed by atoms with Crippen molar-refractivity contribution in [2.45, 2.75) is 136 Å². The number of fused-ring (bicyclic) bond motifs is 1. The van der Waals surface area contributed by atoms with E-state index in [1.165, 1.54) is 6.08 Å². The van der Waals surface area contributed by atoms with Crippen LogP contribution >= 0.6 is 0 Å². The van der Waals surface area contributed by atoms with Gasteiger partial charge in [-0.15, -0.1) is 6.58 Å². The summed E-state index contributed by atoms with van der Waals surface area (Å²) in [5.41, 5.74) is -1.57. The maximum absolute atomic E-state index is 14.1. The fourth-order valence-corrected chi connectivity index (χ4v) is 6.86. The van der Waals surface area contributed by atoms with E-state index < -0.39 is 58.9 Å². The van der Waals surface area contributed by atoms with Crippen molar-refractivity contribution in [1.29, 1.82) is 0 Å². The number of Topliss-reactive ketones (excluding diaryl/α,β-unsaturated/α-hetero) is 2. The molecule has 3 fully saturated rings. The van der Waals surface area contributed by atoms with Gasteiger partial charge in [0.15, 0.2) is 0 Å². The van der Waals surface area contributed by atoms with E-state index in [1.807, 2.05) is 0 Å². The average molecular weight is 632 g/mol. The highest BCUT2D eigenvalue weighted by molar-refractivity contribution is 6.39. The van der Waals surface area contributed by atoms with Crippen LogP contribution in [0.3, 0.4) is 0 Å². The van der Waals surface area contributed by atoms with Crippen LogP contribution in [-0.2, 0) is 33.4 Å². The summed E-state index contributed by atoms with van der Waals surface area (Å²) < 4.78 is 10.7. The molecule has 2 N–H and O–H groups in total. The van der Waals surface area contributed by atoms with Gasteiger partial charge in [0.05, 0.1) is 6.04 Å². The highest BCUT2D eigenvalue weighted by Crippen LogP contribution is 2.65. The molecule has 0 aromatic carbocycles. The van der Waals surface area contributed by atoms with Gasteiger partial charge in [-0.05, 0) is 90.4 Å². The molecule has 3 aliphatic rings. The summed E-state index contributed by atoms with van der Waals surface area (Å²) in [4.78, 5) is 80.4. The van der Waals surface area contributed by atoms with Crippen LogP contribution < -0.4 is 10.6 Å². The molecule has 0 aromatic rings. The van der Waals surface area contributed by atoms with Crippen molar-refractivity contribution < 1.29 is 38.2 Å². The van der Waals surface area contributed by atoms with E-state index in [0.717, 1.165) is 25.7 Å². The Kier molecular flexibility index (Phi) is 11.3. The van der Waals surface area contributed by atoms with Gasteiger partial charge in [-0.25, -0.2) is 4.79 Å². The van der Waals surface area contributed by atoms with Crippen LogP contribution in [0.2, 0.25) is 0 Å². The van der Waals surface area contributed by atoms with E-state index in [9.17, 15) is 28.8 Å². The van der Waals surface area contributed by atoms with Gasteiger partial charge in [0.25, 0.3) is 0 Å². The Morgan fingerprint density at radius 1 is 0.933 bits per heavy atom. The molecule has 3 rings (SSSR count). The van der Waals surface area contributed by atoms with Gasteiger partial charge in [-0.1, -0.05) is 32.8 Å². The first-order valence-corrected chi connectivity index (χ1v) is 16.3. The summed E-state index contributed by atoms with van der Waals surface area (Å²) in [5.74, 6) is -2.88. The second-order valence-corrected chi connectivity index (χ2v) is 15.4. The Hall–Kier alpha value is -3.24. The minimum atomic E-state index is -1.15. The Morgan fingerprint density at radius 2 is 1.53 bits per heavy atom. The largest absolute Gasteiger partial charge is 0.460 e. The molecule has 11 heteroatoms. The zero-order chi connectivity index (χ0) is 33.9. The fraction of sp³-hybridized carbons (Fsp3) is 0.765. The molecule has 45 heavy (non-hydrogen) atoms. The quantitative estimate of drug-likeness (QED) is 0.174. The molecule has 2 aliphatic carbocycles. The number of alkyl carbamates (subject to hydrolysis) is 1. The van der Waals surface area contributed by atoms with Crippen LogP contribution in [0.15, 0.2) is 12.7 Å². The second kappa shape index (κ2) is 14.0. The average Bonchev–Trinajstić information content (AvgIpc) is 3.35. The highest BCUT2D eigenvalue weighted by Gasteiger charge is 2.69. The smallest absolute Gasteiger partial charge is 0.408 e. The third kappa shape index (κ3) is 9.39. The zero-order valence-electron chi connectivity index (χ0n) is 28.3. The number of ether oxygens (including phenoxy) is 2. The lowest BCUT2D eigenvalue weighted by molar-refractivity contribution is -0.155. The summed E-state index contributed by atoms with van der Waals surface area (Å²) in [7, 11) is 0. The summed E-state index contributed by atoms with van der Waals surface area (Å²) in [6, 6.07) is -2.84. The Bertz CT molecular complexity index is 1170. The standard InChI is InChI=1S/C34H53N3O8/c1-10-14-22(28(40)23(38)17-13-18-24(39)44-32(2,3)4)35-29(41)27-25-21(34(25,8)9)19-37(27)30(42)26(20-15-11-12-16-20)36-31(43)45-33(5,6)7/h10,20-22,25-27H,1,11-19H2,2-9H3,(H,35,41)(H,36,43). The molecule has 11 nitrogen and oxygen atoms in total. The highest BCUT2D eigenvalue weighted by atomic mass is 16.6. The molecule has 5 unspecified atom stereocenters. The van der Waals surface area contributed by atoms with Gasteiger partial charge in [0, 0.05) is 19.4 Å².